The average molecular weight is 324 g/mol. The van der Waals surface area contributed by atoms with E-state index in [1.807, 2.05) is 0 Å². The molecule has 2 heterocycles. The fourth-order valence-corrected chi connectivity index (χ4v) is 1.77. The number of anilines is 1. The first-order chi connectivity index (χ1) is 9.98. The lowest BCUT2D eigenvalue weighted by Crippen LogP contribution is -2.16. The molecule has 0 unspecified atom stereocenters. The normalized spacial score (nSPS) is 12.7. The third-order valence-electron chi connectivity index (χ3n) is 2.88. The topological polar surface area (TPSA) is 56.7 Å². The van der Waals surface area contributed by atoms with Gasteiger partial charge in [-0.25, -0.2) is 0 Å². The Morgan fingerprint density at radius 3 is 2.23 bits per heavy atom. The highest BCUT2D eigenvalue weighted by Gasteiger charge is 2.41. The van der Waals surface area contributed by atoms with Gasteiger partial charge in [0.05, 0.1) is 24.1 Å². The van der Waals surface area contributed by atoms with E-state index in [0.29, 0.717) is 11.3 Å². The molecule has 2 aromatic heterocycles. The zero-order valence-electron chi connectivity index (χ0n) is 11.1. The maximum absolute atomic E-state index is 12.8. The Morgan fingerprint density at radius 1 is 1.09 bits per heavy atom. The molecular weight excluding hydrogens is 314 g/mol. The molecule has 4 nitrogen and oxygen atoms in total. The quantitative estimate of drug-likeness (QED) is 0.863. The van der Waals surface area contributed by atoms with E-state index >= 15 is 0 Å². The Bertz CT molecular complexity index is 686. The molecule has 2 rings (SSSR count). The molecule has 0 aliphatic heterocycles. The summed E-state index contributed by atoms with van der Waals surface area (Å²) in [6.45, 7) is 1.06. The van der Waals surface area contributed by atoms with Crippen LogP contribution in [0.15, 0.2) is 18.3 Å². The van der Waals surface area contributed by atoms with Crippen LogP contribution in [0.3, 0.4) is 0 Å². The molecule has 0 radical (unpaired) electrons. The van der Waals surface area contributed by atoms with E-state index in [1.54, 1.807) is 6.92 Å². The number of hydrogen-bond donors (Lipinski definition) is 1. The summed E-state index contributed by atoms with van der Waals surface area (Å²) in [6.07, 6.45) is -8.69. The Labute approximate surface area is 120 Å². The molecule has 0 bridgehead atoms. The van der Waals surface area contributed by atoms with Crippen LogP contribution in [0.5, 0.6) is 0 Å². The van der Waals surface area contributed by atoms with Gasteiger partial charge in [0.1, 0.15) is 5.69 Å². The highest BCUT2D eigenvalue weighted by atomic mass is 19.4. The summed E-state index contributed by atoms with van der Waals surface area (Å²) in [5.74, 6) is 0. The van der Waals surface area contributed by atoms with Crippen molar-refractivity contribution < 1.29 is 26.3 Å². The van der Waals surface area contributed by atoms with Gasteiger partial charge in [0.25, 0.3) is 0 Å². The van der Waals surface area contributed by atoms with Crippen LogP contribution in [0, 0.1) is 6.92 Å². The lowest BCUT2D eigenvalue weighted by molar-refractivity contribution is -0.144. The molecule has 0 saturated carbocycles. The monoisotopic (exact) mass is 324 g/mol. The minimum Gasteiger partial charge on any atom is -0.397 e. The van der Waals surface area contributed by atoms with Gasteiger partial charge in [-0.2, -0.15) is 31.4 Å². The van der Waals surface area contributed by atoms with Crippen molar-refractivity contribution in [2.75, 3.05) is 5.73 Å². The number of nitrogens with zero attached hydrogens (tertiary/aromatic N) is 3. The summed E-state index contributed by atoms with van der Waals surface area (Å²) < 4.78 is 76.4. The predicted molar refractivity (Wildman–Crippen MR) is 64.7 cm³/mol. The van der Waals surface area contributed by atoms with E-state index in [-0.39, 0.29) is 16.4 Å². The number of nitrogens with two attached hydrogens (primary N) is 1. The summed E-state index contributed by atoms with van der Waals surface area (Å²) in [7, 11) is 0. The molecular formula is C12H10F6N4. The van der Waals surface area contributed by atoms with Gasteiger partial charge in [-0.1, -0.05) is 0 Å². The van der Waals surface area contributed by atoms with E-state index in [1.165, 1.54) is 12.3 Å². The average Bonchev–Trinajstić information content (AvgIpc) is 2.77. The van der Waals surface area contributed by atoms with Crippen molar-refractivity contribution in [3.63, 3.8) is 0 Å². The summed E-state index contributed by atoms with van der Waals surface area (Å²) >= 11 is 0. The van der Waals surface area contributed by atoms with E-state index < -0.39 is 30.3 Å². The van der Waals surface area contributed by atoms with Crippen molar-refractivity contribution in [1.29, 1.82) is 0 Å². The minimum absolute atomic E-state index is 0.0237. The Kier molecular flexibility index (Phi) is 3.80. The second-order valence-electron chi connectivity index (χ2n) is 4.60. The van der Waals surface area contributed by atoms with Crippen LogP contribution in [-0.2, 0) is 18.9 Å². The van der Waals surface area contributed by atoms with Crippen LogP contribution in [0.1, 0.15) is 22.6 Å². The zero-order chi connectivity index (χ0) is 16.7. The molecule has 10 heteroatoms. The fourth-order valence-electron chi connectivity index (χ4n) is 1.77. The van der Waals surface area contributed by atoms with E-state index in [4.69, 9.17) is 5.73 Å². The summed E-state index contributed by atoms with van der Waals surface area (Å²) in [6, 6.07) is 1.37. The van der Waals surface area contributed by atoms with Crippen LogP contribution >= 0.6 is 0 Å². The second-order valence-corrected chi connectivity index (χ2v) is 4.60. The third-order valence-corrected chi connectivity index (χ3v) is 2.88. The SMILES string of the molecule is Cc1cc(Cn2nc(C(F)(F)F)cc2C(F)(F)F)ncc1N. The standard InChI is InChI=1S/C12H10F6N4/c1-6-2-7(20-4-8(6)19)5-22-10(12(16,17)18)3-9(21-22)11(13,14)15/h2-4H,5,19H2,1H3. The molecule has 22 heavy (non-hydrogen) atoms. The van der Waals surface area contributed by atoms with E-state index in [0.717, 1.165) is 0 Å². The molecule has 0 amide bonds. The van der Waals surface area contributed by atoms with Gasteiger partial charge in [0, 0.05) is 6.07 Å². The first-order valence-corrected chi connectivity index (χ1v) is 5.91. The maximum Gasteiger partial charge on any atom is 0.435 e. The molecule has 0 saturated heterocycles. The second kappa shape index (κ2) is 5.18. The van der Waals surface area contributed by atoms with Gasteiger partial charge in [0.15, 0.2) is 5.69 Å². The van der Waals surface area contributed by atoms with Crippen LogP contribution < -0.4 is 5.73 Å². The lowest BCUT2D eigenvalue weighted by Gasteiger charge is -2.10. The number of aryl methyl sites for hydroxylation is 1. The van der Waals surface area contributed by atoms with Crippen molar-refractivity contribution in [2.45, 2.75) is 25.8 Å². The van der Waals surface area contributed by atoms with Gasteiger partial charge in [-0.05, 0) is 18.6 Å². The first-order valence-electron chi connectivity index (χ1n) is 5.91. The van der Waals surface area contributed by atoms with Gasteiger partial charge in [-0.15, -0.1) is 0 Å². The van der Waals surface area contributed by atoms with E-state index in [2.05, 4.69) is 10.1 Å². The molecule has 2 aromatic rings. The van der Waals surface area contributed by atoms with Crippen molar-refractivity contribution in [3.8, 4) is 0 Å². The number of halogens is 6. The number of nitrogen functional groups attached to an aromatic ring is 1. The van der Waals surface area contributed by atoms with Crippen LogP contribution in [0.2, 0.25) is 0 Å². The summed E-state index contributed by atoms with van der Waals surface area (Å²) in [4.78, 5) is 3.79. The number of aromatic nitrogens is 3. The van der Waals surface area contributed by atoms with Gasteiger partial charge < -0.3 is 5.73 Å². The maximum atomic E-state index is 12.8. The Hall–Kier alpha value is -2.26. The Morgan fingerprint density at radius 2 is 1.73 bits per heavy atom. The van der Waals surface area contributed by atoms with Crippen LogP contribution in [0.4, 0.5) is 32.0 Å². The molecule has 0 aromatic carbocycles. The van der Waals surface area contributed by atoms with Gasteiger partial charge in [0.2, 0.25) is 0 Å². The molecule has 0 aliphatic rings. The van der Waals surface area contributed by atoms with Gasteiger partial charge in [-0.3, -0.25) is 9.67 Å². The highest BCUT2D eigenvalue weighted by molar-refractivity contribution is 5.44. The Balaban J connectivity index is 2.44. The smallest absolute Gasteiger partial charge is 0.397 e. The van der Waals surface area contributed by atoms with Crippen molar-refractivity contribution in [2.24, 2.45) is 0 Å². The molecule has 0 atom stereocenters. The highest BCUT2D eigenvalue weighted by Crippen LogP contribution is 2.35. The van der Waals surface area contributed by atoms with Crippen molar-refractivity contribution >= 4 is 5.69 Å². The van der Waals surface area contributed by atoms with Crippen molar-refractivity contribution in [3.05, 3.63) is 41.0 Å². The summed E-state index contributed by atoms with van der Waals surface area (Å²) in [5, 5.41) is 3.00. The first kappa shape index (κ1) is 16.1. The largest absolute Gasteiger partial charge is 0.435 e. The summed E-state index contributed by atoms with van der Waals surface area (Å²) in [5.41, 5.74) is 3.44. The third kappa shape index (κ3) is 3.31. The fraction of sp³-hybridized carbons (Fsp3) is 0.333. The molecule has 2 N–H and O–H groups in total. The number of pyridine rings is 1. The van der Waals surface area contributed by atoms with Crippen LogP contribution in [-0.4, -0.2) is 14.8 Å². The number of rotatable bonds is 2. The van der Waals surface area contributed by atoms with Crippen molar-refractivity contribution in [1.82, 2.24) is 14.8 Å². The molecule has 0 fully saturated rings. The molecule has 120 valence electrons. The minimum atomic E-state index is -4.96. The molecule has 0 aliphatic carbocycles. The molecule has 0 spiro atoms. The number of alkyl halides is 6. The van der Waals surface area contributed by atoms with Gasteiger partial charge >= 0.3 is 12.4 Å². The predicted octanol–water partition coefficient (Wildman–Crippen LogP) is 3.25. The number of hydrogen-bond acceptors (Lipinski definition) is 3. The lowest BCUT2D eigenvalue weighted by atomic mass is 10.2. The van der Waals surface area contributed by atoms with Crippen LogP contribution in [0.25, 0.3) is 0 Å². The zero-order valence-corrected chi connectivity index (χ0v) is 11.1. The van der Waals surface area contributed by atoms with E-state index in [9.17, 15) is 26.3 Å².